The Bertz CT molecular complexity index is 408. The molecule has 0 fully saturated rings. The van der Waals surface area contributed by atoms with Crippen LogP contribution in [-0.2, 0) is 0 Å². The van der Waals surface area contributed by atoms with Crippen molar-refractivity contribution >= 4 is 10.9 Å². The molecule has 0 saturated heterocycles. The lowest BCUT2D eigenvalue weighted by Gasteiger charge is -1.95. The first-order chi connectivity index (χ1) is 5.83. The molecule has 2 rings (SSSR count). The van der Waals surface area contributed by atoms with Crippen molar-refractivity contribution in [1.82, 2.24) is 10.2 Å². The molecule has 4 nitrogen and oxygen atoms in total. The smallest absolute Gasteiger partial charge is 0.244 e. The van der Waals surface area contributed by atoms with Gasteiger partial charge in [0, 0.05) is 0 Å². The SMILES string of the molecule is COc1n[nH]c2cccc(O)c12. The number of rotatable bonds is 1. The highest BCUT2D eigenvalue weighted by Gasteiger charge is 2.08. The molecule has 1 aromatic carbocycles. The summed E-state index contributed by atoms with van der Waals surface area (Å²) in [5.74, 6) is 0.598. The zero-order valence-electron chi connectivity index (χ0n) is 6.53. The maximum atomic E-state index is 9.43. The van der Waals surface area contributed by atoms with Crippen LogP contribution in [0.15, 0.2) is 18.2 Å². The Balaban J connectivity index is 2.83. The van der Waals surface area contributed by atoms with Crippen LogP contribution in [0, 0.1) is 0 Å². The predicted molar refractivity (Wildman–Crippen MR) is 44.3 cm³/mol. The van der Waals surface area contributed by atoms with Gasteiger partial charge in [0.25, 0.3) is 0 Å². The van der Waals surface area contributed by atoms with Gasteiger partial charge in [0.05, 0.1) is 12.6 Å². The number of benzene rings is 1. The average molecular weight is 164 g/mol. The van der Waals surface area contributed by atoms with Gasteiger partial charge in [0.15, 0.2) is 0 Å². The van der Waals surface area contributed by atoms with Crippen LogP contribution in [0.4, 0.5) is 0 Å². The summed E-state index contributed by atoms with van der Waals surface area (Å²) >= 11 is 0. The molecule has 2 N–H and O–H groups in total. The number of hydrogen-bond donors (Lipinski definition) is 2. The number of hydrogen-bond acceptors (Lipinski definition) is 3. The normalized spacial score (nSPS) is 10.4. The van der Waals surface area contributed by atoms with Gasteiger partial charge < -0.3 is 9.84 Å². The summed E-state index contributed by atoms with van der Waals surface area (Å²) in [5, 5.41) is 16.7. The average Bonchev–Trinajstić information content (AvgIpc) is 2.49. The van der Waals surface area contributed by atoms with E-state index in [4.69, 9.17) is 4.74 Å². The minimum absolute atomic E-state index is 0.179. The maximum Gasteiger partial charge on any atom is 0.244 e. The van der Waals surface area contributed by atoms with E-state index in [2.05, 4.69) is 10.2 Å². The van der Waals surface area contributed by atoms with Crippen molar-refractivity contribution in [1.29, 1.82) is 0 Å². The van der Waals surface area contributed by atoms with Crippen LogP contribution in [0.1, 0.15) is 0 Å². The fraction of sp³-hybridized carbons (Fsp3) is 0.125. The third-order valence-electron chi connectivity index (χ3n) is 1.73. The Morgan fingerprint density at radius 2 is 2.33 bits per heavy atom. The second kappa shape index (κ2) is 2.41. The number of nitrogens with zero attached hydrogens (tertiary/aromatic N) is 1. The lowest BCUT2D eigenvalue weighted by atomic mass is 10.2. The van der Waals surface area contributed by atoms with Gasteiger partial charge in [-0.3, -0.25) is 5.10 Å². The summed E-state index contributed by atoms with van der Waals surface area (Å²) in [5.41, 5.74) is 0.770. The largest absolute Gasteiger partial charge is 0.507 e. The molecule has 4 heteroatoms. The van der Waals surface area contributed by atoms with Crippen LogP contribution in [0.5, 0.6) is 11.6 Å². The first-order valence-corrected chi connectivity index (χ1v) is 3.53. The molecule has 0 unspecified atom stereocenters. The zero-order valence-corrected chi connectivity index (χ0v) is 6.53. The van der Waals surface area contributed by atoms with Crippen molar-refractivity contribution in [2.24, 2.45) is 0 Å². The van der Waals surface area contributed by atoms with Gasteiger partial charge in [0.1, 0.15) is 11.1 Å². The van der Waals surface area contributed by atoms with E-state index < -0.39 is 0 Å². The minimum atomic E-state index is 0.179. The number of fused-ring (bicyclic) bond motifs is 1. The fourth-order valence-corrected chi connectivity index (χ4v) is 1.17. The molecule has 0 radical (unpaired) electrons. The quantitative estimate of drug-likeness (QED) is 0.667. The molecule has 0 spiro atoms. The Morgan fingerprint density at radius 1 is 1.50 bits per heavy atom. The number of H-pyrrole nitrogens is 1. The minimum Gasteiger partial charge on any atom is -0.507 e. The molecular formula is C8H8N2O2. The molecule has 2 aromatic rings. The van der Waals surface area contributed by atoms with E-state index in [1.165, 1.54) is 7.11 Å². The summed E-state index contributed by atoms with van der Waals surface area (Å²) in [6.45, 7) is 0. The van der Waals surface area contributed by atoms with E-state index in [0.717, 1.165) is 5.52 Å². The number of aromatic amines is 1. The molecular weight excluding hydrogens is 156 g/mol. The molecule has 1 aromatic heterocycles. The third kappa shape index (κ3) is 0.812. The number of aromatic hydroxyl groups is 1. The molecule has 1 heterocycles. The van der Waals surface area contributed by atoms with E-state index in [9.17, 15) is 5.11 Å². The Hall–Kier alpha value is -1.71. The Kier molecular flexibility index (Phi) is 1.40. The van der Waals surface area contributed by atoms with Crippen LogP contribution in [-0.4, -0.2) is 22.4 Å². The van der Waals surface area contributed by atoms with Crippen molar-refractivity contribution in [3.63, 3.8) is 0 Å². The van der Waals surface area contributed by atoms with Crippen molar-refractivity contribution in [2.75, 3.05) is 7.11 Å². The number of phenols is 1. The molecule has 0 bridgehead atoms. The van der Waals surface area contributed by atoms with Crippen LogP contribution in [0.3, 0.4) is 0 Å². The number of methoxy groups -OCH3 is 1. The number of ether oxygens (including phenoxy) is 1. The number of aromatic nitrogens is 2. The van der Waals surface area contributed by atoms with Gasteiger partial charge in [-0.05, 0) is 12.1 Å². The van der Waals surface area contributed by atoms with Crippen molar-refractivity contribution in [2.45, 2.75) is 0 Å². The predicted octanol–water partition coefficient (Wildman–Crippen LogP) is 1.28. The van der Waals surface area contributed by atoms with E-state index >= 15 is 0 Å². The Labute approximate surface area is 68.8 Å². The standard InChI is InChI=1S/C8H8N2O2/c1-12-8-7-5(9-10-8)3-2-4-6(7)11/h2-4,11H,1H3,(H,9,10). The lowest BCUT2D eigenvalue weighted by molar-refractivity contribution is 0.398. The third-order valence-corrected chi connectivity index (χ3v) is 1.73. The molecule has 12 heavy (non-hydrogen) atoms. The van der Waals surface area contributed by atoms with Gasteiger partial charge >= 0.3 is 0 Å². The monoisotopic (exact) mass is 164 g/mol. The first kappa shape index (κ1) is 6.97. The molecule has 0 aliphatic carbocycles. The van der Waals surface area contributed by atoms with Crippen molar-refractivity contribution in [3.05, 3.63) is 18.2 Å². The first-order valence-electron chi connectivity index (χ1n) is 3.53. The molecule has 0 saturated carbocycles. The van der Waals surface area contributed by atoms with Crippen molar-refractivity contribution < 1.29 is 9.84 Å². The van der Waals surface area contributed by atoms with Gasteiger partial charge in [0.2, 0.25) is 5.88 Å². The molecule has 62 valence electrons. The highest BCUT2D eigenvalue weighted by atomic mass is 16.5. The van der Waals surface area contributed by atoms with E-state index in [-0.39, 0.29) is 5.75 Å². The molecule has 0 aliphatic heterocycles. The lowest BCUT2D eigenvalue weighted by Crippen LogP contribution is -1.82. The molecule has 0 amide bonds. The highest BCUT2D eigenvalue weighted by Crippen LogP contribution is 2.30. The van der Waals surface area contributed by atoms with Crippen molar-refractivity contribution in [3.8, 4) is 11.6 Å². The van der Waals surface area contributed by atoms with E-state index in [1.54, 1.807) is 12.1 Å². The van der Waals surface area contributed by atoms with Gasteiger partial charge in [-0.1, -0.05) is 6.07 Å². The Morgan fingerprint density at radius 3 is 3.08 bits per heavy atom. The highest BCUT2D eigenvalue weighted by molar-refractivity contribution is 5.89. The second-order valence-corrected chi connectivity index (χ2v) is 2.43. The van der Waals surface area contributed by atoms with Gasteiger partial charge in [-0.25, -0.2) is 0 Å². The summed E-state index contributed by atoms with van der Waals surface area (Å²) in [4.78, 5) is 0. The number of nitrogens with one attached hydrogen (secondary N) is 1. The van der Waals surface area contributed by atoms with Crippen LogP contribution < -0.4 is 4.74 Å². The molecule has 0 aliphatic rings. The van der Waals surface area contributed by atoms with Crippen LogP contribution in [0.2, 0.25) is 0 Å². The summed E-state index contributed by atoms with van der Waals surface area (Å²) in [6.07, 6.45) is 0. The van der Waals surface area contributed by atoms with Gasteiger partial charge in [-0.2, -0.15) is 0 Å². The summed E-state index contributed by atoms with van der Waals surface area (Å²) in [6, 6.07) is 5.17. The maximum absolute atomic E-state index is 9.43. The summed E-state index contributed by atoms with van der Waals surface area (Å²) < 4.78 is 4.95. The van der Waals surface area contributed by atoms with Crippen LogP contribution in [0.25, 0.3) is 10.9 Å². The fourth-order valence-electron chi connectivity index (χ4n) is 1.17. The zero-order chi connectivity index (χ0) is 8.55. The van der Waals surface area contributed by atoms with E-state index in [1.807, 2.05) is 6.07 Å². The van der Waals surface area contributed by atoms with E-state index in [0.29, 0.717) is 11.3 Å². The number of phenolic OH excluding ortho intramolecular Hbond substituents is 1. The topological polar surface area (TPSA) is 58.1 Å². The summed E-state index contributed by atoms with van der Waals surface area (Å²) in [7, 11) is 1.52. The molecule has 0 atom stereocenters. The van der Waals surface area contributed by atoms with Gasteiger partial charge in [-0.15, -0.1) is 5.10 Å². The van der Waals surface area contributed by atoms with Crippen LogP contribution >= 0.6 is 0 Å². The second-order valence-electron chi connectivity index (χ2n) is 2.43.